The standard InChI is InChI=1S/C17H18N2O/c1-19(16-8-5-7-15(13-16)14-18)11-6-12-20-17-9-3-2-4-10-17/h2-5,7-10,13H,6,11-12H2,1H3. The van der Waals surface area contributed by atoms with Crippen LogP contribution in [0.5, 0.6) is 5.75 Å². The predicted octanol–water partition coefficient (Wildman–Crippen LogP) is 3.46. The molecule has 0 heterocycles. The molecule has 0 amide bonds. The van der Waals surface area contributed by atoms with Gasteiger partial charge in [0.05, 0.1) is 18.2 Å². The fourth-order valence-electron chi connectivity index (χ4n) is 1.95. The number of rotatable bonds is 6. The first kappa shape index (κ1) is 14.0. The largest absolute Gasteiger partial charge is 0.494 e. The lowest BCUT2D eigenvalue weighted by Crippen LogP contribution is -2.20. The molecule has 0 aliphatic carbocycles. The number of para-hydroxylation sites is 1. The van der Waals surface area contributed by atoms with Crippen LogP contribution in [0, 0.1) is 11.3 Å². The van der Waals surface area contributed by atoms with Gasteiger partial charge in [0.1, 0.15) is 5.75 Å². The molecule has 3 nitrogen and oxygen atoms in total. The van der Waals surface area contributed by atoms with E-state index in [2.05, 4.69) is 11.0 Å². The molecule has 0 aromatic heterocycles. The van der Waals surface area contributed by atoms with Crippen molar-refractivity contribution >= 4 is 5.69 Å². The second-order valence-corrected chi connectivity index (χ2v) is 4.60. The highest BCUT2D eigenvalue weighted by atomic mass is 16.5. The lowest BCUT2D eigenvalue weighted by molar-refractivity contribution is 0.312. The van der Waals surface area contributed by atoms with E-state index in [4.69, 9.17) is 10.00 Å². The van der Waals surface area contributed by atoms with Gasteiger partial charge in [0, 0.05) is 19.3 Å². The monoisotopic (exact) mass is 266 g/mol. The van der Waals surface area contributed by atoms with Gasteiger partial charge in [0.25, 0.3) is 0 Å². The number of ether oxygens (including phenoxy) is 1. The van der Waals surface area contributed by atoms with E-state index in [9.17, 15) is 0 Å². The molecule has 0 aliphatic rings. The Morgan fingerprint density at radius 3 is 2.65 bits per heavy atom. The second kappa shape index (κ2) is 7.20. The van der Waals surface area contributed by atoms with Crippen LogP contribution in [-0.4, -0.2) is 20.2 Å². The molecule has 0 aliphatic heterocycles. The summed E-state index contributed by atoms with van der Waals surface area (Å²) in [6.07, 6.45) is 0.933. The van der Waals surface area contributed by atoms with Crippen LogP contribution in [0.15, 0.2) is 54.6 Å². The van der Waals surface area contributed by atoms with Gasteiger partial charge in [0.15, 0.2) is 0 Å². The summed E-state index contributed by atoms with van der Waals surface area (Å²) in [6.45, 7) is 1.58. The van der Waals surface area contributed by atoms with E-state index in [1.54, 1.807) is 0 Å². The van der Waals surface area contributed by atoms with Gasteiger partial charge in [0.2, 0.25) is 0 Å². The van der Waals surface area contributed by atoms with E-state index in [1.807, 2.05) is 61.6 Å². The molecule has 0 radical (unpaired) electrons. The Labute approximate surface area is 120 Å². The van der Waals surface area contributed by atoms with Gasteiger partial charge in [-0.3, -0.25) is 0 Å². The van der Waals surface area contributed by atoms with E-state index in [0.29, 0.717) is 12.2 Å². The van der Waals surface area contributed by atoms with E-state index in [0.717, 1.165) is 24.4 Å². The minimum Gasteiger partial charge on any atom is -0.494 e. The maximum atomic E-state index is 8.90. The molecule has 2 aromatic carbocycles. The quantitative estimate of drug-likeness (QED) is 0.751. The topological polar surface area (TPSA) is 36.3 Å². The molecule has 0 bridgehead atoms. The fourth-order valence-corrected chi connectivity index (χ4v) is 1.95. The van der Waals surface area contributed by atoms with Gasteiger partial charge >= 0.3 is 0 Å². The molecular weight excluding hydrogens is 248 g/mol. The van der Waals surface area contributed by atoms with Crippen molar-refractivity contribution in [1.82, 2.24) is 0 Å². The highest BCUT2D eigenvalue weighted by molar-refractivity contribution is 5.50. The van der Waals surface area contributed by atoms with Gasteiger partial charge in [-0.25, -0.2) is 0 Å². The second-order valence-electron chi connectivity index (χ2n) is 4.60. The first-order chi connectivity index (χ1) is 9.79. The third-order valence-corrected chi connectivity index (χ3v) is 3.07. The number of hydrogen-bond donors (Lipinski definition) is 0. The van der Waals surface area contributed by atoms with Crippen LogP contribution in [0.1, 0.15) is 12.0 Å². The first-order valence-electron chi connectivity index (χ1n) is 6.69. The van der Waals surface area contributed by atoms with Crippen LogP contribution in [0.2, 0.25) is 0 Å². The zero-order valence-corrected chi connectivity index (χ0v) is 11.6. The molecule has 0 saturated carbocycles. The summed E-state index contributed by atoms with van der Waals surface area (Å²) >= 11 is 0. The van der Waals surface area contributed by atoms with E-state index in [1.165, 1.54) is 0 Å². The SMILES string of the molecule is CN(CCCOc1ccccc1)c1cccc(C#N)c1. The Bertz CT molecular complexity index is 575. The Kier molecular flexibility index (Phi) is 5.02. The maximum Gasteiger partial charge on any atom is 0.119 e. The number of nitriles is 1. The lowest BCUT2D eigenvalue weighted by Gasteiger charge is -2.19. The highest BCUT2D eigenvalue weighted by Gasteiger charge is 2.02. The molecule has 0 saturated heterocycles. The normalized spacial score (nSPS) is 9.80. The average molecular weight is 266 g/mol. The highest BCUT2D eigenvalue weighted by Crippen LogP contribution is 2.15. The van der Waals surface area contributed by atoms with Gasteiger partial charge < -0.3 is 9.64 Å². The Hall–Kier alpha value is -2.47. The number of hydrogen-bond acceptors (Lipinski definition) is 3. The van der Waals surface area contributed by atoms with Crippen LogP contribution in [0.25, 0.3) is 0 Å². The average Bonchev–Trinajstić information content (AvgIpc) is 2.52. The molecule has 0 N–H and O–H groups in total. The smallest absolute Gasteiger partial charge is 0.119 e. The molecule has 0 unspecified atom stereocenters. The van der Waals surface area contributed by atoms with Crippen LogP contribution in [0.3, 0.4) is 0 Å². The number of benzene rings is 2. The minimum absolute atomic E-state index is 0.687. The first-order valence-corrected chi connectivity index (χ1v) is 6.69. The summed E-state index contributed by atoms with van der Waals surface area (Å²) in [7, 11) is 2.03. The third kappa shape index (κ3) is 4.03. The van der Waals surface area contributed by atoms with Crippen LogP contribution in [0.4, 0.5) is 5.69 Å². The van der Waals surface area contributed by atoms with Gasteiger partial charge in [-0.05, 0) is 36.8 Å². The molecule has 3 heteroatoms. The molecule has 0 spiro atoms. The van der Waals surface area contributed by atoms with Crippen molar-refractivity contribution in [3.05, 3.63) is 60.2 Å². The molecule has 20 heavy (non-hydrogen) atoms. The van der Waals surface area contributed by atoms with Crippen LogP contribution < -0.4 is 9.64 Å². The van der Waals surface area contributed by atoms with Crippen molar-refractivity contribution in [3.63, 3.8) is 0 Å². The Morgan fingerprint density at radius 2 is 1.90 bits per heavy atom. The van der Waals surface area contributed by atoms with E-state index in [-0.39, 0.29) is 0 Å². The van der Waals surface area contributed by atoms with Gasteiger partial charge in [-0.1, -0.05) is 24.3 Å². The van der Waals surface area contributed by atoms with Crippen molar-refractivity contribution in [2.24, 2.45) is 0 Å². The molecular formula is C17H18N2O. The van der Waals surface area contributed by atoms with Gasteiger partial charge in [-0.2, -0.15) is 5.26 Å². The molecule has 2 rings (SSSR count). The van der Waals surface area contributed by atoms with Crippen molar-refractivity contribution in [1.29, 1.82) is 5.26 Å². The summed E-state index contributed by atoms with van der Waals surface area (Å²) in [5.74, 6) is 0.904. The third-order valence-electron chi connectivity index (χ3n) is 3.07. The van der Waals surface area contributed by atoms with Gasteiger partial charge in [-0.15, -0.1) is 0 Å². The number of nitrogens with zero attached hydrogens (tertiary/aromatic N) is 2. The Balaban J connectivity index is 1.77. The van der Waals surface area contributed by atoms with Crippen molar-refractivity contribution < 1.29 is 4.74 Å². The van der Waals surface area contributed by atoms with Crippen molar-refractivity contribution in [2.45, 2.75) is 6.42 Å². The summed E-state index contributed by atoms with van der Waals surface area (Å²) in [5.41, 5.74) is 1.75. The summed E-state index contributed by atoms with van der Waals surface area (Å²) < 4.78 is 5.66. The molecule has 2 aromatic rings. The number of anilines is 1. The van der Waals surface area contributed by atoms with Crippen molar-refractivity contribution in [2.75, 3.05) is 25.1 Å². The van der Waals surface area contributed by atoms with E-state index >= 15 is 0 Å². The lowest BCUT2D eigenvalue weighted by atomic mass is 10.2. The van der Waals surface area contributed by atoms with Crippen molar-refractivity contribution in [3.8, 4) is 11.8 Å². The van der Waals surface area contributed by atoms with E-state index < -0.39 is 0 Å². The molecule has 102 valence electrons. The molecule has 0 atom stereocenters. The summed E-state index contributed by atoms with van der Waals surface area (Å²) in [6, 6.07) is 19.6. The zero-order chi connectivity index (χ0) is 14.2. The summed E-state index contributed by atoms with van der Waals surface area (Å²) in [4.78, 5) is 2.13. The minimum atomic E-state index is 0.687. The zero-order valence-electron chi connectivity index (χ0n) is 11.6. The predicted molar refractivity (Wildman–Crippen MR) is 81.0 cm³/mol. The van der Waals surface area contributed by atoms with Crippen LogP contribution in [-0.2, 0) is 0 Å². The maximum absolute atomic E-state index is 8.90. The summed E-state index contributed by atoms with van der Waals surface area (Å²) in [5, 5.41) is 8.90. The van der Waals surface area contributed by atoms with Crippen LogP contribution >= 0.6 is 0 Å². The Morgan fingerprint density at radius 1 is 1.10 bits per heavy atom. The molecule has 0 fully saturated rings. The fraction of sp³-hybridized carbons (Fsp3) is 0.235.